The highest BCUT2D eigenvalue weighted by molar-refractivity contribution is 6.32. The van der Waals surface area contributed by atoms with Crippen molar-refractivity contribution in [3.63, 3.8) is 0 Å². The Labute approximate surface area is 193 Å². The molecule has 1 aliphatic rings. The van der Waals surface area contributed by atoms with E-state index in [0.717, 1.165) is 0 Å². The van der Waals surface area contributed by atoms with Gasteiger partial charge in [0, 0.05) is 0 Å². The maximum absolute atomic E-state index is 12.3. The molecule has 11 heteroatoms. The standard InChI is InChI=1S/C22H19ClN2O8/c1-2-32-17-9-13(8-16-20(28)25(10-18(26)27)22(31)24-16)7-15(23)19(17)33-11-12-3-5-14(6-4-12)21(29)30/h3-9H,2,10-11H2,1H3,(H,24,31)(H,26,27)(H,29,30)/b16-8+. The molecular formula is C22H19ClN2O8. The molecule has 1 fully saturated rings. The fourth-order valence-electron chi connectivity index (χ4n) is 2.99. The van der Waals surface area contributed by atoms with E-state index in [-0.39, 0.29) is 34.4 Å². The monoisotopic (exact) mass is 474 g/mol. The number of urea groups is 1. The van der Waals surface area contributed by atoms with Crippen molar-refractivity contribution < 1.29 is 38.9 Å². The van der Waals surface area contributed by atoms with Crippen LogP contribution >= 0.6 is 11.6 Å². The lowest BCUT2D eigenvalue weighted by Gasteiger charge is -2.15. The lowest BCUT2D eigenvalue weighted by atomic mass is 10.1. The van der Waals surface area contributed by atoms with E-state index in [2.05, 4.69) is 5.32 Å². The molecule has 0 spiro atoms. The van der Waals surface area contributed by atoms with Crippen LogP contribution < -0.4 is 14.8 Å². The number of ether oxygens (including phenoxy) is 2. The van der Waals surface area contributed by atoms with E-state index >= 15 is 0 Å². The molecule has 0 unspecified atom stereocenters. The molecule has 0 atom stereocenters. The van der Waals surface area contributed by atoms with Crippen molar-refractivity contribution in [1.82, 2.24) is 10.2 Å². The molecule has 10 nitrogen and oxygen atoms in total. The predicted octanol–water partition coefficient (Wildman–Crippen LogP) is 2.99. The third-order valence-corrected chi connectivity index (χ3v) is 4.76. The molecule has 3 rings (SSSR count). The van der Waals surface area contributed by atoms with Crippen LogP contribution in [0, 0.1) is 0 Å². The first-order valence-corrected chi connectivity index (χ1v) is 10.0. The lowest BCUT2D eigenvalue weighted by Crippen LogP contribution is -2.35. The van der Waals surface area contributed by atoms with E-state index in [9.17, 15) is 19.2 Å². The molecule has 0 radical (unpaired) electrons. The molecule has 2 aromatic rings. The number of aromatic carboxylic acids is 1. The zero-order chi connectivity index (χ0) is 24.1. The van der Waals surface area contributed by atoms with Crippen LogP contribution in [0.4, 0.5) is 4.79 Å². The van der Waals surface area contributed by atoms with Gasteiger partial charge in [-0.15, -0.1) is 0 Å². The minimum Gasteiger partial charge on any atom is -0.490 e. The fraction of sp³-hybridized carbons (Fsp3) is 0.182. The summed E-state index contributed by atoms with van der Waals surface area (Å²) in [6, 6.07) is 8.38. The van der Waals surface area contributed by atoms with Gasteiger partial charge in [0.15, 0.2) is 11.5 Å². The lowest BCUT2D eigenvalue weighted by molar-refractivity contribution is -0.140. The van der Waals surface area contributed by atoms with Crippen molar-refractivity contribution in [3.05, 3.63) is 63.8 Å². The zero-order valence-electron chi connectivity index (χ0n) is 17.3. The number of imide groups is 1. The Kier molecular flexibility index (Phi) is 7.19. The Morgan fingerprint density at radius 3 is 2.42 bits per heavy atom. The van der Waals surface area contributed by atoms with Crippen molar-refractivity contribution in [1.29, 1.82) is 0 Å². The molecule has 1 heterocycles. The Hall–Kier alpha value is -4.05. The number of benzene rings is 2. The van der Waals surface area contributed by atoms with Crippen molar-refractivity contribution in [3.8, 4) is 11.5 Å². The number of nitrogens with zero attached hydrogens (tertiary/aromatic N) is 1. The summed E-state index contributed by atoms with van der Waals surface area (Å²) in [5, 5.41) is 20.3. The number of rotatable bonds is 9. The smallest absolute Gasteiger partial charge is 0.335 e. The van der Waals surface area contributed by atoms with Crippen LogP contribution in [0.1, 0.15) is 28.4 Å². The molecule has 3 N–H and O–H groups in total. The fourth-order valence-corrected chi connectivity index (χ4v) is 3.26. The minimum absolute atomic E-state index is 0.0961. The molecule has 2 aromatic carbocycles. The number of hydrogen-bond acceptors (Lipinski definition) is 6. The van der Waals surface area contributed by atoms with Crippen molar-refractivity contribution in [2.24, 2.45) is 0 Å². The second kappa shape index (κ2) is 10.0. The number of carboxylic acid groups (broad SMARTS) is 2. The topological polar surface area (TPSA) is 142 Å². The third kappa shape index (κ3) is 5.60. The van der Waals surface area contributed by atoms with Gasteiger partial charge in [0.25, 0.3) is 5.91 Å². The summed E-state index contributed by atoms with van der Waals surface area (Å²) in [5.41, 5.74) is 1.18. The number of amides is 3. The van der Waals surface area contributed by atoms with Gasteiger partial charge in [0.2, 0.25) is 0 Å². The highest BCUT2D eigenvalue weighted by Gasteiger charge is 2.35. The number of nitrogens with one attached hydrogen (secondary N) is 1. The molecule has 1 saturated heterocycles. The van der Waals surface area contributed by atoms with Gasteiger partial charge in [-0.05, 0) is 48.4 Å². The molecule has 0 aromatic heterocycles. The normalized spacial score (nSPS) is 14.4. The number of carbonyl (C=O) groups is 4. The number of hydrogen-bond donors (Lipinski definition) is 3. The second-order valence-corrected chi connectivity index (χ2v) is 7.23. The maximum atomic E-state index is 12.3. The number of halogens is 1. The van der Waals surface area contributed by atoms with Crippen LogP contribution in [0.25, 0.3) is 6.08 Å². The van der Waals surface area contributed by atoms with Crippen molar-refractivity contribution >= 4 is 41.6 Å². The summed E-state index contributed by atoms with van der Waals surface area (Å²) in [4.78, 5) is 46.6. The molecule has 1 aliphatic heterocycles. The zero-order valence-corrected chi connectivity index (χ0v) is 18.1. The van der Waals surface area contributed by atoms with Crippen LogP contribution in [0.3, 0.4) is 0 Å². The summed E-state index contributed by atoms with van der Waals surface area (Å²) in [7, 11) is 0. The van der Waals surface area contributed by atoms with Crippen molar-refractivity contribution in [2.75, 3.05) is 13.2 Å². The second-order valence-electron chi connectivity index (χ2n) is 6.83. The summed E-state index contributed by atoms with van der Waals surface area (Å²) in [6.07, 6.45) is 1.35. The molecular weight excluding hydrogens is 456 g/mol. The summed E-state index contributed by atoms with van der Waals surface area (Å²) < 4.78 is 11.4. The quantitative estimate of drug-likeness (QED) is 0.372. The maximum Gasteiger partial charge on any atom is 0.335 e. The predicted molar refractivity (Wildman–Crippen MR) is 116 cm³/mol. The van der Waals surface area contributed by atoms with Gasteiger partial charge in [-0.25, -0.2) is 14.5 Å². The summed E-state index contributed by atoms with van der Waals surface area (Å²) >= 11 is 6.38. The van der Waals surface area contributed by atoms with Gasteiger partial charge >= 0.3 is 18.0 Å². The van der Waals surface area contributed by atoms with E-state index in [4.69, 9.17) is 31.3 Å². The van der Waals surface area contributed by atoms with Gasteiger partial charge < -0.3 is 25.0 Å². The third-order valence-electron chi connectivity index (χ3n) is 4.48. The van der Waals surface area contributed by atoms with Crippen LogP contribution in [0.15, 0.2) is 42.1 Å². The molecule has 33 heavy (non-hydrogen) atoms. The van der Waals surface area contributed by atoms with E-state index in [1.807, 2.05) is 0 Å². The van der Waals surface area contributed by atoms with Gasteiger partial charge in [0.1, 0.15) is 18.8 Å². The van der Waals surface area contributed by atoms with Gasteiger partial charge in [-0.3, -0.25) is 9.59 Å². The van der Waals surface area contributed by atoms with Gasteiger partial charge in [-0.2, -0.15) is 0 Å². The highest BCUT2D eigenvalue weighted by Crippen LogP contribution is 2.38. The first kappa shape index (κ1) is 23.6. The summed E-state index contributed by atoms with van der Waals surface area (Å²) in [5.74, 6) is -2.59. The average Bonchev–Trinajstić information content (AvgIpc) is 3.00. The number of carbonyl (C=O) groups excluding carboxylic acids is 2. The van der Waals surface area contributed by atoms with Crippen LogP contribution in [0.2, 0.25) is 5.02 Å². The van der Waals surface area contributed by atoms with E-state index in [1.54, 1.807) is 25.1 Å². The first-order chi connectivity index (χ1) is 15.7. The molecule has 172 valence electrons. The number of carboxylic acids is 2. The Morgan fingerprint density at radius 2 is 1.82 bits per heavy atom. The van der Waals surface area contributed by atoms with Gasteiger partial charge in [-0.1, -0.05) is 23.7 Å². The Morgan fingerprint density at radius 1 is 1.12 bits per heavy atom. The number of aliphatic carboxylic acids is 1. The first-order valence-electron chi connectivity index (χ1n) is 9.67. The van der Waals surface area contributed by atoms with E-state index in [1.165, 1.54) is 24.3 Å². The molecule has 0 aliphatic carbocycles. The SMILES string of the molecule is CCOc1cc(/C=C2/NC(=O)N(CC(=O)O)C2=O)cc(Cl)c1OCc1ccc(C(=O)O)cc1. The Bertz CT molecular complexity index is 1140. The van der Waals surface area contributed by atoms with E-state index < -0.39 is 30.4 Å². The van der Waals surface area contributed by atoms with Crippen LogP contribution in [0.5, 0.6) is 11.5 Å². The molecule has 0 saturated carbocycles. The van der Waals surface area contributed by atoms with Gasteiger partial charge in [0.05, 0.1) is 17.2 Å². The average molecular weight is 475 g/mol. The van der Waals surface area contributed by atoms with E-state index in [0.29, 0.717) is 22.6 Å². The Balaban J connectivity index is 1.83. The summed E-state index contributed by atoms with van der Waals surface area (Å²) in [6.45, 7) is 1.39. The molecule has 3 amide bonds. The molecule has 0 bridgehead atoms. The largest absolute Gasteiger partial charge is 0.490 e. The van der Waals surface area contributed by atoms with Crippen LogP contribution in [-0.2, 0) is 16.2 Å². The van der Waals surface area contributed by atoms with Crippen LogP contribution in [-0.4, -0.2) is 52.1 Å². The minimum atomic E-state index is -1.32. The highest BCUT2D eigenvalue weighted by atomic mass is 35.5. The van der Waals surface area contributed by atoms with Crippen molar-refractivity contribution in [2.45, 2.75) is 13.5 Å².